The molecule has 160 valence electrons. The Balaban J connectivity index is 1.65. The summed E-state index contributed by atoms with van der Waals surface area (Å²) in [4.78, 5) is 17.5. The van der Waals surface area contributed by atoms with Crippen LogP contribution in [0.3, 0.4) is 0 Å². The van der Waals surface area contributed by atoms with Crippen molar-refractivity contribution in [1.82, 2.24) is 9.88 Å². The Labute approximate surface area is 172 Å². The van der Waals surface area contributed by atoms with Gasteiger partial charge in [0.2, 0.25) is 11.7 Å². The first-order valence-corrected chi connectivity index (χ1v) is 9.00. The highest BCUT2D eigenvalue weighted by Gasteiger charge is 2.26. The van der Waals surface area contributed by atoms with Gasteiger partial charge in [0, 0.05) is 18.8 Å². The van der Waals surface area contributed by atoms with Gasteiger partial charge in [0.25, 0.3) is 0 Å². The molecular weight excluding hydrogens is 435 g/mol. The number of aromatic nitrogens is 1. The van der Waals surface area contributed by atoms with E-state index in [2.05, 4.69) is 4.98 Å². The molecule has 2 aromatic rings. The Morgan fingerprint density at radius 2 is 1.87 bits per heavy atom. The summed E-state index contributed by atoms with van der Waals surface area (Å²) in [7, 11) is 0. The van der Waals surface area contributed by atoms with E-state index in [-0.39, 0.29) is 31.5 Å². The van der Waals surface area contributed by atoms with Gasteiger partial charge in [-0.2, -0.15) is 0 Å². The number of ether oxygens (including phenoxy) is 2. The molecule has 1 atom stereocenters. The van der Waals surface area contributed by atoms with Gasteiger partial charge < -0.3 is 14.4 Å². The molecule has 11 heteroatoms. The van der Waals surface area contributed by atoms with Gasteiger partial charge in [0.1, 0.15) is 12.7 Å². The predicted molar refractivity (Wildman–Crippen MR) is 96.3 cm³/mol. The first-order valence-electron chi connectivity index (χ1n) is 8.63. The topological polar surface area (TPSA) is 51.7 Å². The number of morpholine rings is 1. The molecule has 3 rings (SSSR count). The Bertz CT molecular complexity index is 960. The van der Waals surface area contributed by atoms with Crippen LogP contribution in [0.5, 0.6) is 5.75 Å². The number of benzene rings is 1. The van der Waals surface area contributed by atoms with Crippen molar-refractivity contribution in [3.63, 3.8) is 0 Å². The molecule has 2 heterocycles. The molecule has 1 aliphatic heterocycles. The Kier molecular flexibility index (Phi) is 6.88. The van der Waals surface area contributed by atoms with Gasteiger partial charge >= 0.3 is 0 Å². The maximum atomic E-state index is 13.7. The number of hydrogen-bond donors (Lipinski definition) is 0. The molecule has 1 saturated heterocycles. The van der Waals surface area contributed by atoms with Crippen molar-refractivity contribution in [2.75, 3.05) is 26.3 Å². The second-order valence-electron chi connectivity index (χ2n) is 6.20. The third-order valence-electron chi connectivity index (χ3n) is 4.24. The molecule has 0 spiro atoms. The molecule has 0 radical (unpaired) electrons. The minimum Gasteiger partial charge on any atom is -0.488 e. The van der Waals surface area contributed by atoms with Gasteiger partial charge in [0.05, 0.1) is 18.7 Å². The number of carbonyl (C=O) groups excluding carboxylic acids is 1. The molecule has 1 aromatic carbocycles. The Hall–Kier alpha value is -2.72. The quantitative estimate of drug-likeness (QED) is 0.230. The molecule has 0 N–H and O–H groups in total. The smallest absolute Gasteiger partial charge is 0.246 e. The highest BCUT2D eigenvalue weighted by molar-refractivity contribution is 6.30. The number of carbonyl (C=O) groups is 1. The van der Waals surface area contributed by atoms with Crippen molar-refractivity contribution >= 4 is 23.6 Å². The average molecular weight is 449 g/mol. The highest BCUT2D eigenvalue weighted by Crippen LogP contribution is 2.24. The molecule has 1 fully saturated rings. The van der Waals surface area contributed by atoms with E-state index in [0.29, 0.717) is 11.8 Å². The average Bonchev–Trinajstić information content (AvgIpc) is 2.76. The maximum Gasteiger partial charge on any atom is 0.246 e. The van der Waals surface area contributed by atoms with Crippen LogP contribution in [-0.2, 0) is 9.53 Å². The molecule has 1 aromatic heterocycles. The molecule has 1 aliphatic rings. The third kappa shape index (κ3) is 4.71. The van der Waals surface area contributed by atoms with Crippen LogP contribution in [-0.4, -0.2) is 48.2 Å². The SMILES string of the molecule is O=C(/C=C/c1c(F)c(F)c(F)c(F)c1F)N1CCOC(COc2cccnc2Cl)C1. The molecule has 0 saturated carbocycles. The largest absolute Gasteiger partial charge is 0.488 e. The minimum absolute atomic E-state index is 0.0521. The molecule has 1 amide bonds. The third-order valence-corrected chi connectivity index (χ3v) is 4.52. The number of hydrogen-bond acceptors (Lipinski definition) is 4. The van der Waals surface area contributed by atoms with Gasteiger partial charge in [0.15, 0.2) is 34.2 Å². The first-order chi connectivity index (χ1) is 14.3. The van der Waals surface area contributed by atoms with E-state index in [9.17, 15) is 26.7 Å². The summed E-state index contributed by atoms with van der Waals surface area (Å²) in [6, 6.07) is 3.23. The minimum atomic E-state index is -2.27. The molecule has 0 bridgehead atoms. The lowest BCUT2D eigenvalue weighted by atomic mass is 10.1. The maximum absolute atomic E-state index is 13.7. The summed E-state index contributed by atoms with van der Waals surface area (Å²) >= 11 is 5.89. The van der Waals surface area contributed by atoms with Crippen LogP contribution < -0.4 is 4.74 Å². The fraction of sp³-hybridized carbons (Fsp3) is 0.263. The number of halogens is 6. The number of rotatable bonds is 5. The molecular formula is C19H14ClF5N2O3. The van der Waals surface area contributed by atoms with E-state index in [1.807, 2.05) is 0 Å². The van der Waals surface area contributed by atoms with Crippen molar-refractivity contribution in [1.29, 1.82) is 0 Å². The summed E-state index contributed by atoms with van der Waals surface area (Å²) in [6.07, 6.45) is 2.25. The van der Waals surface area contributed by atoms with Crippen LogP contribution in [0.2, 0.25) is 5.15 Å². The van der Waals surface area contributed by atoms with Crippen LogP contribution in [0.15, 0.2) is 24.4 Å². The van der Waals surface area contributed by atoms with E-state index < -0.39 is 46.7 Å². The zero-order valence-electron chi connectivity index (χ0n) is 15.2. The fourth-order valence-electron chi connectivity index (χ4n) is 2.71. The highest BCUT2D eigenvalue weighted by atomic mass is 35.5. The van der Waals surface area contributed by atoms with E-state index in [0.717, 1.165) is 6.08 Å². The fourth-order valence-corrected chi connectivity index (χ4v) is 2.88. The van der Waals surface area contributed by atoms with E-state index in [1.54, 1.807) is 12.1 Å². The standard InChI is InChI=1S/C19H14ClF5N2O3/c20-19-12(2-1-5-26-19)30-9-10-8-27(6-7-29-10)13(28)4-3-11-14(21)16(23)18(25)17(24)15(11)22/h1-5,10H,6-9H2/b4-3+. The van der Waals surface area contributed by atoms with Crippen LogP contribution in [0.25, 0.3) is 6.08 Å². The summed E-state index contributed by atoms with van der Waals surface area (Å²) < 4.78 is 78.0. The Morgan fingerprint density at radius 1 is 1.20 bits per heavy atom. The van der Waals surface area contributed by atoms with Crippen molar-refractivity contribution in [2.45, 2.75) is 6.10 Å². The van der Waals surface area contributed by atoms with Gasteiger partial charge in [-0.15, -0.1) is 0 Å². The lowest BCUT2D eigenvalue weighted by Crippen LogP contribution is -2.47. The van der Waals surface area contributed by atoms with E-state index in [1.165, 1.54) is 11.1 Å². The summed E-state index contributed by atoms with van der Waals surface area (Å²) in [5.41, 5.74) is -1.20. The van der Waals surface area contributed by atoms with Crippen molar-refractivity contribution in [2.24, 2.45) is 0 Å². The van der Waals surface area contributed by atoms with E-state index >= 15 is 0 Å². The van der Waals surface area contributed by atoms with Crippen LogP contribution in [0.4, 0.5) is 22.0 Å². The summed E-state index contributed by atoms with van der Waals surface area (Å²) in [6.45, 7) is 0.468. The number of pyridine rings is 1. The number of nitrogens with zero attached hydrogens (tertiary/aromatic N) is 2. The van der Waals surface area contributed by atoms with Gasteiger partial charge in [-0.25, -0.2) is 26.9 Å². The molecule has 30 heavy (non-hydrogen) atoms. The van der Waals surface area contributed by atoms with E-state index in [4.69, 9.17) is 21.1 Å². The van der Waals surface area contributed by atoms with Gasteiger partial charge in [-0.1, -0.05) is 11.6 Å². The zero-order chi connectivity index (χ0) is 21.8. The van der Waals surface area contributed by atoms with Crippen molar-refractivity contribution in [3.05, 3.63) is 64.2 Å². The van der Waals surface area contributed by atoms with Crippen molar-refractivity contribution in [3.8, 4) is 5.75 Å². The second-order valence-corrected chi connectivity index (χ2v) is 6.56. The molecule has 0 aliphatic carbocycles. The molecule has 5 nitrogen and oxygen atoms in total. The lowest BCUT2D eigenvalue weighted by Gasteiger charge is -2.32. The summed E-state index contributed by atoms with van der Waals surface area (Å²) in [5, 5.41) is 0.159. The predicted octanol–water partition coefficient (Wildman–Crippen LogP) is 3.75. The molecule has 1 unspecified atom stereocenters. The van der Waals surface area contributed by atoms with Crippen LogP contribution in [0, 0.1) is 29.1 Å². The summed E-state index contributed by atoms with van der Waals surface area (Å²) in [5.74, 6) is -10.8. The van der Waals surface area contributed by atoms with Crippen LogP contribution >= 0.6 is 11.6 Å². The monoisotopic (exact) mass is 448 g/mol. The Morgan fingerprint density at radius 3 is 2.53 bits per heavy atom. The second kappa shape index (κ2) is 9.40. The zero-order valence-corrected chi connectivity index (χ0v) is 15.9. The van der Waals surface area contributed by atoms with Gasteiger partial charge in [-0.05, 0) is 18.2 Å². The van der Waals surface area contributed by atoms with Crippen molar-refractivity contribution < 1.29 is 36.2 Å². The number of amides is 1. The first kappa shape index (κ1) is 22.0. The lowest BCUT2D eigenvalue weighted by molar-refractivity contribution is -0.134. The van der Waals surface area contributed by atoms with Crippen LogP contribution in [0.1, 0.15) is 5.56 Å². The normalized spacial score (nSPS) is 16.9. The van der Waals surface area contributed by atoms with Gasteiger partial charge in [-0.3, -0.25) is 4.79 Å².